The minimum absolute atomic E-state index is 0.760. The molecule has 5 heteroatoms. The Kier molecular flexibility index (Phi) is 2.60. The Balaban J connectivity index is 1.99. The molecule has 0 spiro atoms. The van der Waals surface area contributed by atoms with Gasteiger partial charge in [0.1, 0.15) is 6.33 Å². The van der Waals surface area contributed by atoms with E-state index in [2.05, 4.69) is 43.2 Å². The van der Waals surface area contributed by atoms with Crippen molar-refractivity contribution in [3.8, 4) is 0 Å². The number of fused-ring (bicyclic) bond motifs is 1. The zero-order chi connectivity index (χ0) is 11.7. The fourth-order valence-corrected chi connectivity index (χ4v) is 2.00. The molecule has 3 aromatic rings. The highest BCUT2D eigenvalue weighted by Crippen LogP contribution is 2.14. The van der Waals surface area contributed by atoms with Crippen molar-refractivity contribution in [1.82, 2.24) is 19.6 Å². The molecule has 0 N–H and O–H groups in total. The molecule has 0 fully saturated rings. The highest BCUT2D eigenvalue weighted by Gasteiger charge is 2.05. The number of aromatic nitrogens is 4. The number of benzene rings is 1. The van der Waals surface area contributed by atoms with Gasteiger partial charge in [-0.15, -0.1) is 10.2 Å². The van der Waals surface area contributed by atoms with Gasteiger partial charge in [0.25, 0.3) is 0 Å². The summed E-state index contributed by atoms with van der Waals surface area (Å²) in [6.07, 6.45) is 6.06. The van der Waals surface area contributed by atoms with Crippen LogP contribution in [0.25, 0.3) is 5.65 Å². The summed E-state index contributed by atoms with van der Waals surface area (Å²) in [7, 11) is 0. The maximum atomic E-state index is 4.36. The van der Waals surface area contributed by atoms with E-state index in [4.69, 9.17) is 0 Å². The van der Waals surface area contributed by atoms with Crippen LogP contribution < -0.4 is 0 Å². The van der Waals surface area contributed by atoms with Crippen molar-refractivity contribution in [2.75, 3.05) is 0 Å². The monoisotopic (exact) mass is 288 g/mol. The molecular formula is C12H9BrN4. The van der Waals surface area contributed by atoms with Crippen molar-refractivity contribution in [1.29, 1.82) is 0 Å². The number of hydrogen-bond donors (Lipinski definition) is 0. The van der Waals surface area contributed by atoms with E-state index in [1.54, 1.807) is 12.5 Å². The van der Waals surface area contributed by atoms with E-state index < -0.39 is 0 Å². The third-order valence-corrected chi connectivity index (χ3v) is 3.10. The summed E-state index contributed by atoms with van der Waals surface area (Å²) >= 11 is 3.42. The fraction of sp³-hybridized carbons (Fsp3) is 0.0833. The maximum Gasteiger partial charge on any atom is 0.182 e. The molecule has 0 saturated heterocycles. The van der Waals surface area contributed by atoms with Gasteiger partial charge in [-0.1, -0.05) is 28.1 Å². The van der Waals surface area contributed by atoms with Crippen molar-refractivity contribution in [2.45, 2.75) is 6.42 Å². The van der Waals surface area contributed by atoms with Gasteiger partial charge >= 0.3 is 0 Å². The normalized spacial score (nSPS) is 10.9. The van der Waals surface area contributed by atoms with Crippen LogP contribution in [-0.4, -0.2) is 19.6 Å². The molecule has 0 aliphatic heterocycles. The molecule has 1 aromatic carbocycles. The molecule has 3 rings (SSSR count). The van der Waals surface area contributed by atoms with Gasteiger partial charge in [-0.3, -0.25) is 9.38 Å². The van der Waals surface area contributed by atoms with E-state index >= 15 is 0 Å². The van der Waals surface area contributed by atoms with Gasteiger partial charge in [-0.2, -0.15) is 0 Å². The van der Waals surface area contributed by atoms with Crippen LogP contribution in [0.5, 0.6) is 0 Å². The lowest BCUT2D eigenvalue weighted by molar-refractivity contribution is 1.02. The number of hydrogen-bond acceptors (Lipinski definition) is 3. The van der Waals surface area contributed by atoms with Crippen LogP contribution in [-0.2, 0) is 6.42 Å². The SMILES string of the molecule is Brc1ccc(Cc2nccn3cnnc23)cc1. The summed E-state index contributed by atoms with van der Waals surface area (Å²) in [6, 6.07) is 8.20. The summed E-state index contributed by atoms with van der Waals surface area (Å²) in [6.45, 7) is 0. The Morgan fingerprint density at radius 1 is 1.18 bits per heavy atom. The smallest absolute Gasteiger partial charge is 0.182 e. The summed E-state index contributed by atoms with van der Waals surface area (Å²) in [5.41, 5.74) is 2.96. The van der Waals surface area contributed by atoms with E-state index in [0.29, 0.717) is 0 Å². The van der Waals surface area contributed by atoms with Crippen molar-refractivity contribution in [3.05, 3.63) is 58.7 Å². The average molecular weight is 289 g/mol. The van der Waals surface area contributed by atoms with Crippen molar-refractivity contribution >= 4 is 21.6 Å². The highest BCUT2D eigenvalue weighted by molar-refractivity contribution is 9.10. The molecule has 0 aliphatic rings. The van der Waals surface area contributed by atoms with Gasteiger partial charge in [0.05, 0.1) is 5.69 Å². The highest BCUT2D eigenvalue weighted by atomic mass is 79.9. The molecule has 0 radical (unpaired) electrons. The minimum atomic E-state index is 0.760. The van der Waals surface area contributed by atoms with Crippen LogP contribution in [0, 0.1) is 0 Å². The van der Waals surface area contributed by atoms with E-state index in [1.165, 1.54) is 5.56 Å². The van der Waals surface area contributed by atoms with E-state index in [1.807, 2.05) is 22.7 Å². The molecule has 2 aromatic heterocycles. The van der Waals surface area contributed by atoms with Crippen LogP contribution in [0.15, 0.2) is 47.5 Å². The van der Waals surface area contributed by atoms with Crippen LogP contribution in [0.3, 0.4) is 0 Å². The van der Waals surface area contributed by atoms with Gasteiger partial charge in [-0.05, 0) is 17.7 Å². The second-order valence-electron chi connectivity index (χ2n) is 3.74. The first kappa shape index (κ1) is 10.4. The topological polar surface area (TPSA) is 43.1 Å². The molecular weight excluding hydrogens is 280 g/mol. The van der Waals surface area contributed by atoms with E-state index in [-0.39, 0.29) is 0 Å². The summed E-state index contributed by atoms with van der Waals surface area (Å²) in [4.78, 5) is 4.36. The molecule has 0 unspecified atom stereocenters. The zero-order valence-corrected chi connectivity index (χ0v) is 10.5. The molecule has 84 valence electrons. The average Bonchev–Trinajstić information content (AvgIpc) is 2.81. The molecule has 0 aliphatic carbocycles. The maximum absolute atomic E-state index is 4.36. The Hall–Kier alpha value is -1.75. The quantitative estimate of drug-likeness (QED) is 0.728. The number of halogens is 1. The summed E-state index contributed by atoms with van der Waals surface area (Å²) in [5.74, 6) is 0. The third kappa shape index (κ3) is 2.06. The van der Waals surface area contributed by atoms with Gasteiger partial charge < -0.3 is 0 Å². The Labute approximate surface area is 106 Å². The first-order valence-electron chi connectivity index (χ1n) is 5.20. The van der Waals surface area contributed by atoms with Gasteiger partial charge in [0, 0.05) is 23.3 Å². The second kappa shape index (κ2) is 4.25. The fourth-order valence-electron chi connectivity index (χ4n) is 1.73. The molecule has 4 nitrogen and oxygen atoms in total. The van der Waals surface area contributed by atoms with Crippen molar-refractivity contribution < 1.29 is 0 Å². The molecule has 0 atom stereocenters. The Morgan fingerprint density at radius 2 is 2.00 bits per heavy atom. The summed E-state index contributed by atoms with van der Waals surface area (Å²) < 4.78 is 2.95. The lowest BCUT2D eigenvalue weighted by Crippen LogP contribution is -1.97. The van der Waals surface area contributed by atoms with Gasteiger partial charge in [-0.25, -0.2) is 0 Å². The second-order valence-corrected chi connectivity index (χ2v) is 4.65. The minimum Gasteiger partial charge on any atom is -0.286 e. The largest absolute Gasteiger partial charge is 0.286 e. The Bertz CT molecular complexity index is 645. The van der Waals surface area contributed by atoms with Crippen LogP contribution in [0.1, 0.15) is 11.3 Å². The van der Waals surface area contributed by atoms with E-state index in [9.17, 15) is 0 Å². The van der Waals surface area contributed by atoms with Crippen molar-refractivity contribution in [3.63, 3.8) is 0 Å². The molecule has 0 bridgehead atoms. The lowest BCUT2D eigenvalue weighted by atomic mass is 10.1. The third-order valence-electron chi connectivity index (χ3n) is 2.57. The first-order valence-corrected chi connectivity index (χ1v) is 6.00. The predicted molar refractivity (Wildman–Crippen MR) is 67.7 cm³/mol. The molecule has 17 heavy (non-hydrogen) atoms. The van der Waals surface area contributed by atoms with E-state index in [0.717, 1.165) is 22.2 Å². The van der Waals surface area contributed by atoms with Crippen LogP contribution in [0.2, 0.25) is 0 Å². The Morgan fingerprint density at radius 3 is 2.82 bits per heavy atom. The molecule has 0 amide bonds. The number of nitrogens with zero attached hydrogens (tertiary/aromatic N) is 4. The van der Waals surface area contributed by atoms with Gasteiger partial charge in [0.2, 0.25) is 0 Å². The number of rotatable bonds is 2. The van der Waals surface area contributed by atoms with Crippen molar-refractivity contribution in [2.24, 2.45) is 0 Å². The first-order chi connectivity index (χ1) is 8.33. The summed E-state index contributed by atoms with van der Waals surface area (Å²) in [5, 5.41) is 7.96. The van der Waals surface area contributed by atoms with Crippen LogP contribution >= 0.6 is 15.9 Å². The predicted octanol–water partition coefficient (Wildman–Crippen LogP) is 2.48. The lowest BCUT2D eigenvalue weighted by Gasteiger charge is -2.02. The molecule has 2 heterocycles. The zero-order valence-electron chi connectivity index (χ0n) is 8.92. The standard InChI is InChI=1S/C12H9BrN4/c13-10-3-1-9(2-4-10)7-11-12-16-15-8-17(12)6-5-14-11/h1-6,8H,7H2. The van der Waals surface area contributed by atoms with Gasteiger partial charge in [0.15, 0.2) is 5.65 Å². The van der Waals surface area contributed by atoms with Crippen LogP contribution in [0.4, 0.5) is 0 Å². The molecule has 0 saturated carbocycles.